The molecule has 0 bridgehead atoms. The third-order valence-corrected chi connectivity index (χ3v) is 4.86. The van der Waals surface area contributed by atoms with Crippen molar-refractivity contribution in [2.75, 3.05) is 13.2 Å². The van der Waals surface area contributed by atoms with Gasteiger partial charge in [0.25, 0.3) is 0 Å². The van der Waals surface area contributed by atoms with E-state index >= 15 is 0 Å². The molecule has 1 saturated heterocycles. The Kier molecular flexibility index (Phi) is 5.26. The van der Waals surface area contributed by atoms with Crippen molar-refractivity contribution in [2.45, 2.75) is 30.6 Å². The molecule has 142 valence electrons. The number of carbonyl (C=O) groups excluding carboxylic acids is 1. The summed E-state index contributed by atoms with van der Waals surface area (Å²) in [4.78, 5) is 15.2. The number of hydrogen-bond donors (Lipinski definition) is 5. The number of benzene rings is 1. The van der Waals surface area contributed by atoms with E-state index in [9.17, 15) is 15.0 Å². The largest absolute Gasteiger partial charge is 0.387 e. The Morgan fingerprint density at radius 3 is 2.50 bits per heavy atom. The number of aliphatic hydroxyl groups excluding tert-OH is 2. The van der Waals surface area contributed by atoms with Crippen molar-refractivity contribution in [3.05, 3.63) is 46.9 Å². The van der Waals surface area contributed by atoms with Crippen LogP contribution in [0.2, 0.25) is 5.02 Å². The molecule has 0 saturated carbocycles. The maximum Gasteiger partial charge on any atom is 0.244 e. The molecule has 2 aliphatic heterocycles. The smallest absolute Gasteiger partial charge is 0.244 e. The number of carbonyl (C=O) groups is 1. The SMILES string of the molecule is NC[C@H]1O[C@@H](N2CN(C(C(N)=O)c3ccc(Cl)cc3)C=C2N)[C@H](O)[C@@H]1O. The van der Waals surface area contributed by atoms with Crippen LogP contribution in [0.15, 0.2) is 36.3 Å². The zero-order valence-electron chi connectivity index (χ0n) is 13.9. The van der Waals surface area contributed by atoms with Gasteiger partial charge in [-0.3, -0.25) is 4.79 Å². The Morgan fingerprint density at radius 2 is 1.96 bits per heavy atom. The van der Waals surface area contributed by atoms with E-state index in [1.165, 1.54) is 0 Å². The lowest BCUT2D eigenvalue weighted by atomic mass is 10.1. The lowest BCUT2D eigenvalue weighted by Crippen LogP contribution is -2.46. The van der Waals surface area contributed by atoms with Gasteiger partial charge in [0.1, 0.15) is 30.2 Å². The molecule has 0 spiro atoms. The Morgan fingerprint density at radius 1 is 1.31 bits per heavy atom. The van der Waals surface area contributed by atoms with E-state index in [0.29, 0.717) is 10.6 Å². The van der Waals surface area contributed by atoms with Gasteiger partial charge in [0.15, 0.2) is 6.23 Å². The first-order valence-corrected chi connectivity index (χ1v) is 8.47. The molecule has 10 heteroatoms. The molecule has 26 heavy (non-hydrogen) atoms. The van der Waals surface area contributed by atoms with Crippen molar-refractivity contribution < 1.29 is 19.7 Å². The Hall–Kier alpha value is -2.04. The van der Waals surface area contributed by atoms with Crippen molar-refractivity contribution in [3.8, 4) is 0 Å². The van der Waals surface area contributed by atoms with E-state index in [-0.39, 0.29) is 19.0 Å². The number of hydrogen-bond acceptors (Lipinski definition) is 8. The third kappa shape index (κ3) is 3.31. The lowest BCUT2D eigenvalue weighted by molar-refractivity contribution is -0.124. The van der Waals surface area contributed by atoms with Gasteiger partial charge in [0.05, 0.1) is 6.67 Å². The predicted molar refractivity (Wildman–Crippen MR) is 93.9 cm³/mol. The highest BCUT2D eigenvalue weighted by Gasteiger charge is 2.47. The van der Waals surface area contributed by atoms with Gasteiger partial charge in [0.2, 0.25) is 5.91 Å². The van der Waals surface area contributed by atoms with Crippen LogP contribution in [0.4, 0.5) is 0 Å². The minimum atomic E-state index is -1.18. The standard InChI is InChI=1S/C16H22ClN5O4/c17-9-3-1-8(2-4-9)12(15(20)25)21-6-11(19)22(7-21)16-14(24)13(23)10(5-18)26-16/h1-4,6,10,12-14,16,23-24H,5,7,18-19H2,(H2,20,25)/t10-,12?,13-,14-,16-/m1/s1. The van der Waals surface area contributed by atoms with Gasteiger partial charge >= 0.3 is 0 Å². The van der Waals surface area contributed by atoms with Crippen LogP contribution in [0.25, 0.3) is 0 Å². The predicted octanol–water partition coefficient (Wildman–Crippen LogP) is -1.40. The Bertz CT molecular complexity index is 700. The van der Waals surface area contributed by atoms with E-state index in [1.807, 2.05) is 0 Å². The molecule has 0 aliphatic carbocycles. The number of amides is 1. The van der Waals surface area contributed by atoms with Crippen LogP contribution in [0.1, 0.15) is 11.6 Å². The minimum Gasteiger partial charge on any atom is -0.387 e. The monoisotopic (exact) mass is 383 g/mol. The molecule has 0 aromatic heterocycles. The summed E-state index contributed by atoms with van der Waals surface area (Å²) in [5, 5.41) is 20.8. The van der Waals surface area contributed by atoms with Crippen LogP contribution in [-0.4, -0.2) is 63.7 Å². The summed E-state index contributed by atoms with van der Waals surface area (Å²) in [6, 6.07) is 5.98. The highest BCUT2D eigenvalue weighted by atomic mass is 35.5. The molecule has 0 radical (unpaired) electrons. The maximum atomic E-state index is 12.0. The van der Waals surface area contributed by atoms with Crippen molar-refractivity contribution in [2.24, 2.45) is 17.2 Å². The molecule has 9 nitrogen and oxygen atoms in total. The fourth-order valence-electron chi connectivity index (χ4n) is 3.27. The highest BCUT2D eigenvalue weighted by Crippen LogP contribution is 2.32. The second kappa shape index (κ2) is 7.29. The summed E-state index contributed by atoms with van der Waals surface area (Å²) in [5.74, 6) is -0.287. The average Bonchev–Trinajstić information content (AvgIpc) is 3.10. The van der Waals surface area contributed by atoms with Gasteiger partial charge in [-0.05, 0) is 17.7 Å². The topological polar surface area (TPSA) is 151 Å². The number of rotatable bonds is 5. The number of nitrogens with zero attached hydrogens (tertiary/aromatic N) is 2. The Labute approximate surface area is 155 Å². The molecular weight excluding hydrogens is 362 g/mol. The van der Waals surface area contributed by atoms with Crippen LogP contribution in [0, 0.1) is 0 Å². The molecule has 1 fully saturated rings. The summed E-state index contributed by atoms with van der Waals surface area (Å²) in [5.41, 5.74) is 17.8. The van der Waals surface area contributed by atoms with Crippen molar-refractivity contribution in [1.29, 1.82) is 0 Å². The fraction of sp³-hybridized carbons (Fsp3) is 0.438. The van der Waals surface area contributed by atoms with Gasteiger partial charge in [0, 0.05) is 17.8 Å². The molecule has 8 N–H and O–H groups in total. The molecule has 3 rings (SSSR count). The second-order valence-electron chi connectivity index (χ2n) is 6.32. The van der Waals surface area contributed by atoms with Crippen LogP contribution < -0.4 is 17.2 Å². The lowest BCUT2D eigenvalue weighted by Gasteiger charge is -2.32. The highest BCUT2D eigenvalue weighted by molar-refractivity contribution is 6.30. The van der Waals surface area contributed by atoms with Crippen molar-refractivity contribution >= 4 is 17.5 Å². The van der Waals surface area contributed by atoms with Gasteiger partial charge < -0.3 is 42.0 Å². The summed E-state index contributed by atoms with van der Waals surface area (Å²) in [6.07, 6.45) is -2.31. The van der Waals surface area contributed by atoms with Gasteiger partial charge in [-0.2, -0.15) is 0 Å². The molecule has 5 atom stereocenters. The third-order valence-electron chi connectivity index (χ3n) is 4.61. The first kappa shape index (κ1) is 18.7. The molecule has 1 aromatic carbocycles. The zero-order valence-corrected chi connectivity index (χ0v) is 14.7. The second-order valence-corrected chi connectivity index (χ2v) is 6.75. The van der Waals surface area contributed by atoms with Gasteiger partial charge in [-0.1, -0.05) is 23.7 Å². The van der Waals surface area contributed by atoms with Crippen LogP contribution >= 0.6 is 11.6 Å². The minimum absolute atomic E-state index is 0.0601. The number of halogens is 1. The van der Waals surface area contributed by atoms with Gasteiger partial charge in [-0.25, -0.2) is 0 Å². The van der Waals surface area contributed by atoms with Crippen LogP contribution in [-0.2, 0) is 9.53 Å². The number of ether oxygens (including phenoxy) is 1. The van der Waals surface area contributed by atoms with Crippen molar-refractivity contribution in [1.82, 2.24) is 9.80 Å². The maximum absolute atomic E-state index is 12.0. The Balaban J connectivity index is 1.81. The number of primary amides is 1. The molecular formula is C16H22ClN5O4. The molecule has 1 aromatic rings. The van der Waals surface area contributed by atoms with Gasteiger partial charge in [-0.15, -0.1) is 0 Å². The summed E-state index contributed by atoms with van der Waals surface area (Å²) < 4.78 is 5.62. The molecule has 2 heterocycles. The van der Waals surface area contributed by atoms with Crippen molar-refractivity contribution in [3.63, 3.8) is 0 Å². The van der Waals surface area contributed by atoms with E-state index in [1.54, 1.807) is 40.3 Å². The fourth-order valence-corrected chi connectivity index (χ4v) is 3.40. The summed E-state index contributed by atoms with van der Waals surface area (Å²) in [7, 11) is 0. The number of aliphatic hydroxyl groups is 2. The first-order chi connectivity index (χ1) is 12.3. The molecule has 1 amide bonds. The quantitative estimate of drug-likeness (QED) is 0.416. The average molecular weight is 384 g/mol. The summed E-state index contributed by atoms with van der Waals surface area (Å²) >= 11 is 5.90. The molecule has 1 unspecified atom stereocenters. The first-order valence-electron chi connectivity index (χ1n) is 8.09. The van der Waals surface area contributed by atoms with E-state index in [2.05, 4.69) is 0 Å². The van der Waals surface area contributed by atoms with Crippen LogP contribution in [0.5, 0.6) is 0 Å². The van der Waals surface area contributed by atoms with E-state index in [4.69, 9.17) is 33.5 Å². The van der Waals surface area contributed by atoms with E-state index in [0.717, 1.165) is 0 Å². The molecule has 2 aliphatic rings. The normalized spacial score (nSPS) is 29.8. The summed E-state index contributed by atoms with van der Waals surface area (Å²) in [6.45, 7) is 0.207. The van der Waals surface area contributed by atoms with Crippen LogP contribution in [0.3, 0.4) is 0 Å². The number of nitrogens with two attached hydrogens (primary N) is 3. The van der Waals surface area contributed by atoms with E-state index < -0.39 is 36.5 Å². The zero-order chi connectivity index (χ0) is 19.0.